The number of carbonyl (C=O) groups excluding carboxylic acids is 1. The van der Waals surface area contributed by atoms with Crippen LogP contribution in [0.5, 0.6) is 0 Å². The summed E-state index contributed by atoms with van der Waals surface area (Å²) in [5.74, 6) is 0.354. The molecule has 1 fully saturated rings. The molecule has 3 nitrogen and oxygen atoms in total. The van der Waals surface area contributed by atoms with E-state index in [-0.39, 0.29) is 24.4 Å². The SMILES string of the molecule is Cl.NCC1CCCC1NC(=O)c1ccc(I)c(Cl)c1. The predicted molar refractivity (Wildman–Crippen MR) is 89.1 cm³/mol. The first kappa shape index (κ1) is 17.0. The molecule has 106 valence electrons. The first-order chi connectivity index (χ1) is 8.61. The van der Waals surface area contributed by atoms with Gasteiger partial charge in [0, 0.05) is 15.2 Å². The normalized spacial score (nSPS) is 21.8. The summed E-state index contributed by atoms with van der Waals surface area (Å²) in [5.41, 5.74) is 6.32. The highest BCUT2D eigenvalue weighted by Gasteiger charge is 2.27. The second kappa shape index (κ2) is 7.67. The van der Waals surface area contributed by atoms with Crippen molar-refractivity contribution in [3.05, 3.63) is 32.4 Å². The first-order valence-corrected chi connectivity index (χ1v) is 7.53. The van der Waals surface area contributed by atoms with Crippen molar-refractivity contribution in [2.75, 3.05) is 6.54 Å². The zero-order chi connectivity index (χ0) is 13.1. The van der Waals surface area contributed by atoms with E-state index in [4.69, 9.17) is 17.3 Å². The molecule has 19 heavy (non-hydrogen) atoms. The monoisotopic (exact) mass is 414 g/mol. The fraction of sp³-hybridized carbons (Fsp3) is 0.462. The molecule has 6 heteroatoms. The Kier molecular flexibility index (Phi) is 6.86. The number of amides is 1. The van der Waals surface area contributed by atoms with Crippen molar-refractivity contribution < 1.29 is 4.79 Å². The Labute approximate surface area is 138 Å². The third-order valence-corrected chi connectivity index (χ3v) is 5.03. The van der Waals surface area contributed by atoms with Gasteiger partial charge in [-0.25, -0.2) is 0 Å². The van der Waals surface area contributed by atoms with Crippen molar-refractivity contribution in [1.82, 2.24) is 5.32 Å². The van der Waals surface area contributed by atoms with Crippen LogP contribution in [-0.2, 0) is 0 Å². The van der Waals surface area contributed by atoms with Gasteiger partial charge in [0.15, 0.2) is 0 Å². The van der Waals surface area contributed by atoms with Gasteiger partial charge in [-0.2, -0.15) is 0 Å². The minimum atomic E-state index is -0.0568. The summed E-state index contributed by atoms with van der Waals surface area (Å²) in [6.07, 6.45) is 3.26. The van der Waals surface area contributed by atoms with Crippen molar-refractivity contribution in [3.8, 4) is 0 Å². The molecule has 2 atom stereocenters. The fourth-order valence-electron chi connectivity index (χ4n) is 2.40. The molecule has 0 radical (unpaired) electrons. The Hall–Kier alpha value is -0.0400. The number of hydrogen-bond donors (Lipinski definition) is 2. The van der Waals surface area contributed by atoms with Gasteiger partial charge in [0.05, 0.1) is 5.02 Å². The Morgan fingerprint density at radius 1 is 1.47 bits per heavy atom. The number of nitrogens with one attached hydrogen (secondary N) is 1. The van der Waals surface area contributed by atoms with Crippen molar-refractivity contribution >= 4 is 52.5 Å². The molecule has 1 aliphatic rings. The van der Waals surface area contributed by atoms with Crippen LogP contribution >= 0.6 is 46.6 Å². The van der Waals surface area contributed by atoms with Crippen molar-refractivity contribution in [2.24, 2.45) is 11.7 Å². The lowest BCUT2D eigenvalue weighted by atomic mass is 10.0. The van der Waals surface area contributed by atoms with Gasteiger partial charge in [-0.15, -0.1) is 12.4 Å². The van der Waals surface area contributed by atoms with Gasteiger partial charge >= 0.3 is 0 Å². The second-order valence-electron chi connectivity index (χ2n) is 4.64. The van der Waals surface area contributed by atoms with Gasteiger partial charge in [-0.3, -0.25) is 4.79 Å². The molecule has 2 unspecified atom stereocenters. The summed E-state index contributed by atoms with van der Waals surface area (Å²) in [6, 6.07) is 5.58. The number of nitrogens with two attached hydrogens (primary N) is 1. The van der Waals surface area contributed by atoms with E-state index in [9.17, 15) is 4.79 Å². The molecule has 0 heterocycles. The maximum atomic E-state index is 12.1. The lowest BCUT2D eigenvalue weighted by Crippen LogP contribution is -2.39. The summed E-state index contributed by atoms with van der Waals surface area (Å²) in [4.78, 5) is 12.1. The van der Waals surface area contributed by atoms with Crippen LogP contribution in [0.3, 0.4) is 0 Å². The van der Waals surface area contributed by atoms with Crippen molar-refractivity contribution in [2.45, 2.75) is 25.3 Å². The Bertz CT molecular complexity index is 456. The molecular formula is C13H17Cl2IN2O. The van der Waals surface area contributed by atoms with Gasteiger partial charge in [0.1, 0.15) is 0 Å². The van der Waals surface area contributed by atoms with E-state index in [2.05, 4.69) is 27.9 Å². The van der Waals surface area contributed by atoms with Crippen LogP contribution in [0.15, 0.2) is 18.2 Å². The predicted octanol–water partition coefficient (Wildman–Crippen LogP) is 3.22. The summed E-state index contributed by atoms with van der Waals surface area (Å²) in [5, 5.41) is 3.68. The molecule has 1 saturated carbocycles. The maximum Gasteiger partial charge on any atom is 0.251 e. The standard InChI is InChI=1S/C13H16ClIN2O.ClH/c14-10-6-8(4-5-11(10)15)13(18)17-12-3-1-2-9(12)7-16;/h4-6,9,12H,1-3,7,16H2,(H,17,18);1H. The maximum absolute atomic E-state index is 12.1. The van der Waals surface area contributed by atoms with Crippen LogP contribution < -0.4 is 11.1 Å². The molecular weight excluding hydrogens is 398 g/mol. The number of hydrogen-bond acceptors (Lipinski definition) is 2. The number of rotatable bonds is 3. The highest BCUT2D eigenvalue weighted by Crippen LogP contribution is 2.25. The van der Waals surface area contributed by atoms with Crippen LogP contribution in [0, 0.1) is 9.49 Å². The minimum Gasteiger partial charge on any atom is -0.349 e. The van der Waals surface area contributed by atoms with E-state index < -0.39 is 0 Å². The van der Waals surface area contributed by atoms with Crippen LogP contribution in [0.2, 0.25) is 5.02 Å². The summed E-state index contributed by atoms with van der Waals surface area (Å²) < 4.78 is 0.950. The number of carbonyl (C=O) groups is 1. The van der Waals surface area contributed by atoms with Gasteiger partial charge in [0.25, 0.3) is 5.91 Å². The molecule has 0 saturated heterocycles. The highest BCUT2D eigenvalue weighted by molar-refractivity contribution is 14.1. The second-order valence-corrected chi connectivity index (χ2v) is 6.20. The zero-order valence-corrected chi connectivity index (χ0v) is 14.1. The third-order valence-electron chi connectivity index (χ3n) is 3.46. The van der Waals surface area contributed by atoms with Crippen LogP contribution in [-0.4, -0.2) is 18.5 Å². The molecule has 0 aliphatic heterocycles. The van der Waals surface area contributed by atoms with Crippen LogP contribution in [0.1, 0.15) is 29.6 Å². The molecule has 1 aliphatic carbocycles. The topological polar surface area (TPSA) is 55.1 Å². The average Bonchev–Trinajstić information content (AvgIpc) is 2.79. The summed E-state index contributed by atoms with van der Waals surface area (Å²) in [7, 11) is 0. The lowest BCUT2D eigenvalue weighted by Gasteiger charge is -2.19. The lowest BCUT2D eigenvalue weighted by molar-refractivity contribution is 0.0929. The quantitative estimate of drug-likeness (QED) is 0.746. The molecule has 0 bridgehead atoms. The van der Waals surface area contributed by atoms with Crippen molar-refractivity contribution in [3.63, 3.8) is 0 Å². The largest absolute Gasteiger partial charge is 0.349 e. The molecule has 1 aromatic rings. The Morgan fingerprint density at radius 2 is 2.21 bits per heavy atom. The first-order valence-electron chi connectivity index (χ1n) is 6.08. The molecule has 3 N–H and O–H groups in total. The molecule has 2 rings (SSSR count). The van der Waals surface area contributed by atoms with E-state index in [0.29, 0.717) is 23.0 Å². The van der Waals surface area contributed by atoms with Gasteiger partial charge in [-0.05, 0) is 66.1 Å². The van der Waals surface area contributed by atoms with Crippen LogP contribution in [0.4, 0.5) is 0 Å². The van der Waals surface area contributed by atoms with E-state index in [0.717, 1.165) is 22.8 Å². The Balaban J connectivity index is 0.00000180. The fourth-order valence-corrected chi connectivity index (χ4v) is 2.91. The van der Waals surface area contributed by atoms with E-state index in [1.54, 1.807) is 12.1 Å². The van der Waals surface area contributed by atoms with E-state index in [1.165, 1.54) is 0 Å². The minimum absolute atomic E-state index is 0. The highest BCUT2D eigenvalue weighted by atomic mass is 127. The average molecular weight is 415 g/mol. The Morgan fingerprint density at radius 3 is 2.84 bits per heavy atom. The zero-order valence-electron chi connectivity index (χ0n) is 10.4. The third kappa shape index (κ3) is 4.21. The van der Waals surface area contributed by atoms with Gasteiger partial charge < -0.3 is 11.1 Å². The number of halogens is 3. The number of benzene rings is 1. The van der Waals surface area contributed by atoms with Crippen LogP contribution in [0.25, 0.3) is 0 Å². The summed E-state index contributed by atoms with van der Waals surface area (Å²) in [6.45, 7) is 0.637. The molecule has 1 aromatic carbocycles. The van der Waals surface area contributed by atoms with E-state index >= 15 is 0 Å². The van der Waals surface area contributed by atoms with Gasteiger partial charge in [0.2, 0.25) is 0 Å². The smallest absolute Gasteiger partial charge is 0.251 e. The molecule has 0 spiro atoms. The van der Waals surface area contributed by atoms with Gasteiger partial charge in [-0.1, -0.05) is 18.0 Å². The molecule has 1 amide bonds. The van der Waals surface area contributed by atoms with E-state index in [1.807, 2.05) is 6.07 Å². The molecule has 0 aromatic heterocycles. The van der Waals surface area contributed by atoms with Crippen molar-refractivity contribution in [1.29, 1.82) is 0 Å². The summed E-state index contributed by atoms with van der Waals surface area (Å²) >= 11 is 8.17.